The molecule has 3 N–H and O–H groups in total. The summed E-state index contributed by atoms with van der Waals surface area (Å²) in [5, 5.41) is 4.89. The topological polar surface area (TPSA) is 85.1 Å². The molecule has 2 aromatic heterocycles. The molecule has 2 aliphatic rings. The maximum atomic E-state index is 13.5. The zero-order valence-corrected chi connectivity index (χ0v) is 17.4. The van der Waals surface area contributed by atoms with Gasteiger partial charge in [0.05, 0.1) is 16.6 Å². The van der Waals surface area contributed by atoms with E-state index in [1.807, 2.05) is 6.07 Å². The van der Waals surface area contributed by atoms with Gasteiger partial charge in [-0.25, -0.2) is 0 Å². The number of carbonyl (C=O) groups excluding carboxylic acids is 2. The van der Waals surface area contributed by atoms with Crippen molar-refractivity contribution in [1.82, 2.24) is 4.98 Å². The average molecular weight is 426 g/mol. The predicted octanol–water partition coefficient (Wildman–Crippen LogP) is 4.67. The fourth-order valence-corrected chi connectivity index (χ4v) is 6.04. The maximum Gasteiger partial charge on any atom is 0.257 e. The van der Waals surface area contributed by atoms with Gasteiger partial charge >= 0.3 is 0 Å². The van der Waals surface area contributed by atoms with Crippen molar-refractivity contribution in [2.24, 2.45) is 5.73 Å². The third-order valence-electron chi connectivity index (χ3n) is 5.85. The molecule has 0 bridgehead atoms. The first-order valence-electron chi connectivity index (χ1n) is 9.89. The lowest BCUT2D eigenvalue weighted by Crippen LogP contribution is -2.20. The van der Waals surface area contributed by atoms with Crippen LogP contribution in [0.1, 0.15) is 61.7 Å². The molecule has 148 valence electrons. The van der Waals surface area contributed by atoms with E-state index in [1.54, 1.807) is 12.1 Å². The molecule has 2 heterocycles. The second-order valence-electron chi connectivity index (χ2n) is 7.66. The van der Waals surface area contributed by atoms with Gasteiger partial charge in [0.1, 0.15) is 5.00 Å². The van der Waals surface area contributed by atoms with Crippen LogP contribution in [-0.2, 0) is 25.7 Å². The number of hydrogen-bond donors (Lipinski definition) is 2. The number of nitrogens with zero attached hydrogens (tertiary/aromatic N) is 1. The number of halogens is 1. The second kappa shape index (κ2) is 7.11. The summed E-state index contributed by atoms with van der Waals surface area (Å²) in [6.45, 7) is 0. The summed E-state index contributed by atoms with van der Waals surface area (Å²) in [6.07, 6.45) is 6.57. The zero-order chi connectivity index (χ0) is 20.1. The molecule has 2 aliphatic carbocycles. The minimum atomic E-state index is -0.479. The Kier molecular flexibility index (Phi) is 4.56. The molecule has 0 atom stereocenters. The smallest absolute Gasteiger partial charge is 0.257 e. The molecule has 0 spiro atoms. The van der Waals surface area contributed by atoms with Crippen LogP contribution in [0, 0.1) is 0 Å². The first-order valence-corrected chi connectivity index (χ1v) is 11.1. The number of nitrogens with one attached hydrogen (secondary N) is 1. The average Bonchev–Trinajstić information content (AvgIpc) is 3.29. The van der Waals surface area contributed by atoms with E-state index < -0.39 is 5.91 Å². The standard InChI is InChI=1S/C22H20ClN3O2S/c23-11-8-9-16-14(10-11)18(12-5-3-6-15(12)25-16)21(28)26-22-19(20(24)27)13-4-1-2-7-17(13)29-22/h8-10H,1-7H2,(H2,24,27)(H,26,28). The number of benzene rings is 1. The Hall–Kier alpha value is -2.44. The number of amides is 2. The molecule has 0 radical (unpaired) electrons. The number of carbonyl (C=O) groups is 2. The van der Waals surface area contributed by atoms with Gasteiger partial charge in [0, 0.05) is 21.0 Å². The molecule has 0 fully saturated rings. The minimum Gasteiger partial charge on any atom is -0.365 e. The zero-order valence-electron chi connectivity index (χ0n) is 15.8. The van der Waals surface area contributed by atoms with Crippen LogP contribution in [-0.4, -0.2) is 16.8 Å². The van der Waals surface area contributed by atoms with Crippen molar-refractivity contribution < 1.29 is 9.59 Å². The quantitative estimate of drug-likeness (QED) is 0.639. The van der Waals surface area contributed by atoms with E-state index in [4.69, 9.17) is 22.3 Å². The van der Waals surface area contributed by atoms with E-state index in [2.05, 4.69) is 5.32 Å². The number of pyridine rings is 1. The van der Waals surface area contributed by atoms with Crippen LogP contribution in [0.15, 0.2) is 18.2 Å². The van der Waals surface area contributed by atoms with Crippen LogP contribution >= 0.6 is 22.9 Å². The summed E-state index contributed by atoms with van der Waals surface area (Å²) in [7, 11) is 0. The fraction of sp³-hybridized carbons (Fsp3) is 0.318. The van der Waals surface area contributed by atoms with Crippen LogP contribution in [0.2, 0.25) is 5.02 Å². The molecular weight excluding hydrogens is 406 g/mol. The van der Waals surface area contributed by atoms with Crippen LogP contribution in [0.5, 0.6) is 0 Å². The van der Waals surface area contributed by atoms with Gasteiger partial charge in [-0.1, -0.05) is 11.6 Å². The van der Waals surface area contributed by atoms with E-state index in [-0.39, 0.29) is 5.91 Å². The first kappa shape index (κ1) is 18.6. The van der Waals surface area contributed by atoms with Crippen molar-refractivity contribution in [3.8, 4) is 0 Å². The number of aryl methyl sites for hydroxylation is 2. The molecule has 5 rings (SSSR count). The number of primary amides is 1. The summed E-state index contributed by atoms with van der Waals surface area (Å²) in [6, 6.07) is 5.44. The highest BCUT2D eigenvalue weighted by molar-refractivity contribution is 7.17. The maximum absolute atomic E-state index is 13.5. The largest absolute Gasteiger partial charge is 0.365 e. The van der Waals surface area contributed by atoms with Gasteiger partial charge in [-0.15, -0.1) is 11.3 Å². The van der Waals surface area contributed by atoms with E-state index in [9.17, 15) is 9.59 Å². The van der Waals surface area contributed by atoms with Crippen molar-refractivity contribution in [2.45, 2.75) is 44.9 Å². The van der Waals surface area contributed by atoms with E-state index >= 15 is 0 Å². The lowest BCUT2D eigenvalue weighted by Gasteiger charge is -2.13. The molecule has 0 aliphatic heterocycles. The Labute approximate surface area is 177 Å². The molecule has 0 unspecified atom stereocenters. The van der Waals surface area contributed by atoms with Gasteiger partial charge in [0.15, 0.2) is 0 Å². The van der Waals surface area contributed by atoms with Crippen molar-refractivity contribution >= 4 is 50.7 Å². The number of nitrogens with two attached hydrogens (primary N) is 1. The van der Waals surface area contributed by atoms with Gasteiger partial charge < -0.3 is 11.1 Å². The number of aromatic nitrogens is 1. The van der Waals surface area contributed by atoms with E-state index in [0.717, 1.165) is 77.5 Å². The summed E-state index contributed by atoms with van der Waals surface area (Å²) < 4.78 is 0. The molecule has 5 nitrogen and oxygen atoms in total. The first-order chi connectivity index (χ1) is 14.0. The Morgan fingerprint density at radius 2 is 1.83 bits per heavy atom. The predicted molar refractivity (Wildman–Crippen MR) is 116 cm³/mol. The van der Waals surface area contributed by atoms with Crippen LogP contribution in [0.3, 0.4) is 0 Å². The van der Waals surface area contributed by atoms with Crippen LogP contribution in [0.4, 0.5) is 5.00 Å². The molecule has 7 heteroatoms. The van der Waals surface area contributed by atoms with Crippen molar-refractivity contribution in [1.29, 1.82) is 0 Å². The van der Waals surface area contributed by atoms with Gasteiger partial charge in [-0.2, -0.15) is 0 Å². The van der Waals surface area contributed by atoms with E-state index in [1.165, 1.54) is 11.3 Å². The highest BCUT2D eigenvalue weighted by Gasteiger charge is 2.28. The van der Waals surface area contributed by atoms with Crippen molar-refractivity contribution in [3.63, 3.8) is 0 Å². The van der Waals surface area contributed by atoms with Crippen molar-refractivity contribution in [3.05, 3.63) is 56.0 Å². The Morgan fingerprint density at radius 3 is 2.66 bits per heavy atom. The summed E-state index contributed by atoms with van der Waals surface area (Å²) in [4.78, 5) is 31.5. The minimum absolute atomic E-state index is 0.223. The molecule has 2 amide bonds. The van der Waals surface area contributed by atoms with Crippen LogP contribution < -0.4 is 11.1 Å². The lowest BCUT2D eigenvalue weighted by molar-refractivity contribution is 0.100. The molecule has 29 heavy (non-hydrogen) atoms. The van der Waals surface area contributed by atoms with Crippen molar-refractivity contribution in [2.75, 3.05) is 5.32 Å². The Balaban J connectivity index is 1.63. The Morgan fingerprint density at radius 1 is 1.03 bits per heavy atom. The number of thiophene rings is 1. The second-order valence-corrected chi connectivity index (χ2v) is 9.20. The molecule has 3 aromatic rings. The van der Waals surface area contributed by atoms with Gasteiger partial charge in [0.25, 0.3) is 11.8 Å². The summed E-state index contributed by atoms with van der Waals surface area (Å²) in [5.41, 5.74) is 10.5. The summed E-state index contributed by atoms with van der Waals surface area (Å²) >= 11 is 7.70. The summed E-state index contributed by atoms with van der Waals surface area (Å²) in [5.74, 6) is -0.702. The number of rotatable bonds is 3. The third-order valence-corrected chi connectivity index (χ3v) is 7.29. The van der Waals surface area contributed by atoms with Gasteiger partial charge in [-0.3, -0.25) is 14.6 Å². The highest BCUT2D eigenvalue weighted by atomic mass is 35.5. The van der Waals surface area contributed by atoms with E-state index in [0.29, 0.717) is 21.2 Å². The number of hydrogen-bond acceptors (Lipinski definition) is 4. The monoisotopic (exact) mass is 425 g/mol. The lowest BCUT2D eigenvalue weighted by atomic mass is 9.95. The molecule has 1 aromatic carbocycles. The number of fused-ring (bicyclic) bond motifs is 3. The highest BCUT2D eigenvalue weighted by Crippen LogP contribution is 2.39. The molecule has 0 saturated heterocycles. The van der Waals surface area contributed by atoms with Crippen LogP contribution in [0.25, 0.3) is 10.9 Å². The third kappa shape index (κ3) is 3.11. The normalized spacial score (nSPS) is 15.2. The van der Waals surface area contributed by atoms with Gasteiger partial charge in [0.2, 0.25) is 0 Å². The number of anilines is 1. The van der Waals surface area contributed by atoms with Gasteiger partial charge in [-0.05, 0) is 74.3 Å². The molecular formula is C22H20ClN3O2S. The molecule has 0 saturated carbocycles. The fourth-order valence-electron chi connectivity index (χ4n) is 4.57. The Bertz CT molecular complexity index is 1180. The SMILES string of the molecule is NC(=O)c1c(NC(=O)c2c3c(nc4ccc(Cl)cc24)CCC3)sc2c1CCCC2.